The molecule has 0 spiro atoms. The number of rotatable bonds is 9. The Hall–Kier alpha value is -2.11. The first-order chi connectivity index (χ1) is 14.6. The van der Waals surface area contributed by atoms with Gasteiger partial charge in [-0.25, -0.2) is 0 Å². The van der Waals surface area contributed by atoms with Gasteiger partial charge in [-0.15, -0.1) is 0 Å². The first-order valence-electron chi connectivity index (χ1n) is 11.2. The summed E-state index contributed by atoms with van der Waals surface area (Å²) in [5.41, 5.74) is 1.04. The lowest BCUT2D eigenvalue weighted by molar-refractivity contribution is -0.122. The molecule has 1 aliphatic heterocycles. The second-order valence-corrected chi connectivity index (χ2v) is 8.23. The maximum absolute atomic E-state index is 13.0. The molecule has 1 heterocycles. The van der Waals surface area contributed by atoms with E-state index in [1.165, 1.54) is 0 Å². The van der Waals surface area contributed by atoms with Crippen molar-refractivity contribution in [3.8, 4) is 5.75 Å². The summed E-state index contributed by atoms with van der Waals surface area (Å²) in [5.74, 6) is 1.32. The highest BCUT2D eigenvalue weighted by atomic mass is 16.5. The Labute approximate surface area is 180 Å². The fourth-order valence-corrected chi connectivity index (χ4v) is 4.48. The maximum atomic E-state index is 13.0. The summed E-state index contributed by atoms with van der Waals surface area (Å²) < 4.78 is 10.8. The highest BCUT2D eigenvalue weighted by molar-refractivity contribution is 5.88. The molecule has 5 nitrogen and oxygen atoms in total. The Morgan fingerprint density at radius 3 is 2.43 bits per heavy atom. The molecule has 5 heteroatoms. The number of hydrogen-bond acceptors (Lipinski definition) is 4. The van der Waals surface area contributed by atoms with E-state index in [2.05, 4.69) is 36.2 Å². The summed E-state index contributed by atoms with van der Waals surface area (Å²) in [6.45, 7) is 10.6. The van der Waals surface area contributed by atoms with Crippen LogP contribution in [0, 0.1) is 5.92 Å². The molecule has 1 fully saturated rings. The van der Waals surface area contributed by atoms with Gasteiger partial charge in [0.15, 0.2) is 0 Å². The third-order valence-corrected chi connectivity index (χ3v) is 6.56. The largest absolute Gasteiger partial charge is 0.497 e. The number of morpholine rings is 1. The lowest BCUT2D eigenvalue weighted by Gasteiger charge is -2.39. The third-order valence-electron chi connectivity index (χ3n) is 6.56. The molecule has 164 valence electrons. The number of nitrogens with one attached hydrogen (secondary N) is 1. The highest BCUT2D eigenvalue weighted by Gasteiger charge is 2.28. The van der Waals surface area contributed by atoms with Crippen molar-refractivity contribution in [1.82, 2.24) is 10.2 Å². The van der Waals surface area contributed by atoms with Gasteiger partial charge in [0.25, 0.3) is 0 Å². The van der Waals surface area contributed by atoms with Crippen LogP contribution in [-0.4, -0.2) is 56.8 Å². The normalized spacial score (nSPS) is 17.1. The molecule has 1 amide bonds. The third kappa shape index (κ3) is 5.32. The molecule has 1 aliphatic rings. The van der Waals surface area contributed by atoms with E-state index >= 15 is 0 Å². The molecule has 1 saturated heterocycles. The summed E-state index contributed by atoms with van der Waals surface area (Å²) in [7, 11) is 1.67. The Morgan fingerprint density at radius 2 is 1.77 bits per heavy atom. The van der Waals surface area contributed by atoms with Gasteiger partial charge in [-0.3, -0.25) is 9.69 Å². The number of ether oxygens (including phenoxy) is 2. The summed E-state index contributed by atoms with van der Waals surface area (Å²) in [6.07, 6.45) is 2.25. The lowest BCUT2D eigenvalue weighted by Crippen LogP contribution is -2.52. The van der Waals surface area contributed by atoms with Gasteiger partial charge >= 0.3 is 0 Å². The Kier molecular flexibility index (Phi) is 8.11. The average Bonchev–Trinajstić information content (AvgIpc) is 2.80. The smallest absolute Gasteiger partial charge is 0.227 e. The maximum Gasteiger partial charge on any atom is 0.227 e. The van der Waals surface area contributed by atoms with Crippen molar-refractivity contribution in [2.24, 2.45) is 5.92 Å². The van der Waals surface area contributed by atoms with E-state index in [4.69, 9.17) is 9.47 Å². The summed E-state index contributed by atoms with van der Waals surface area (Å²) in [5, 5.41) is 5.49. The zero-order valence-electron chi connectivity index (χ0n) is 18.8. The second kappa shape index (κ2) is 10.8. The van der Waals surface area contributed by atoms with Gasteiger partial charge < -0.3 is 14.8 Å². The fourth-order valence-electron chi connectivity index (χ4n) is 4.48. The topological polar surface area (TPSA) is 50.8 Å². The van der Waals surface area contributed by atoms with E-state index in [1.54, 1.807) is 7.11 Å². The van der Waals surface area contributed by atoms with Crippen molar-refractivity contribution < 1.29 is 14.3 Å². The van der Waals surface area contributed by atoms with Crippen LogP contribution >= 0.6 is 0 Å². The monoisotopic (exact) mass is 412 g/mol. The van der Waals surface area contributed by atoms with Crippen molar-refractivity contribution in [1.29, 1.82) is 0 Å². The van der Waals surface area contributed by atoms with Crippen LogP contribution in [0.15, 0.2) is 36.4 Å². The van der Waals surface area contributed by atoms with Crippen LogP contribution in [-0.2, 0) is 9.53 Å². The highest BCUT2D eigenvalue weighted by Crippen LogP contribution is 2.26. The molecular weight excluding hydrogens is 376 g/mol. The molecule has 0 aliphatic carbocycles. The fraction of sp³-hybridized carbons (Fsp3) is 0.560. The first kappa shape index (κ1) is 22.6. The first-order valence-corrected chi connectivity index (χ1v) is 11.2. The van der Waals surface area contributed by atoms with Crippen molar-refractivity contribution in [3.63, 3.8) is 0 Å². The minimum Gasteiger partial charge on any atom is -0.497 e. The minimum absolute atomic E-state index is 0.0899. The van der Waals surface area contributed by atoms with E-state index in [1.807, 2.05) is 31.2 Å². The van der Waals surface area contributed by atoms with E-state index in [-0.39, 0.29) is 11.8 Å². The van der Waals surface area contributed by atoms with Gasteiger partial charge in [-0.1, -0.05) is 51.0 Å². The van der Waals surface area contributed by atoms with Crippen molar-refractivity contribution in [2.45, 2.75) is 45.6 Å². The molecule has 0 radical (unpaired) electrons. The molecule has 3 rings (SSSR count). The average molecular weight is 413 g/mol. The Bertz CT molecular complexity index is 828. The molecular formula is C25H36N2O3. The van der Waals surface area contributed by atoms with Gasteiger partial charge in [-0.2, -0.15) is 0 Å². The van der Waals surface area contributed by atoms with E-state index in [0.29, 0.717) is 18.5 Å². The number of methoxy groups -OCH3 is 1. The summed E-state index contributed by atoms with van der Waals surface area (Å²) in [6, 6.07) is 12.6. The molecule has 0 bridgehead atoms. The molecule has 1 N–H and O–H groups in total. The minimum atomic E-state index is -0.191. The predicted molar refractivity (Wildman–Crippen MR) is 122 cm³/mol. The molecule has 2 atom stereocenters. The standard InChI is InChI=1S/C25H36N2O3/c1-5-19(6-2)24(27-11-13-30-14-12-27)17-26-25(28)18(3)20-7-8-22-16-23(29-4)10-9-21(22)15-20/h7-10,15-16,18-19,24H,5-6,11-14,17H2,1-4H3,(H,26,28)/t18-,24+/m0/s1. The van der Waals surface area contributed by atoms with Crippen LogP contribution in [0.25, 0.3) is 10.8 Å². The Balaban J connectivity index is 1.67. The SMILES string of the molecule is CCC(CC)[C@@H](CNC(=O)[C@@H](C)c1ccc2cc(OC)ccc2c1)N1CCOCC1. The number of hydrogen-bond donors (Lipinski definition) is 1. The van der Waals surface area contributed by atoms with Crippen LogP contribution in [0.3, 0.4) is 0 Å². The zero-order chi connectivity index (χ0) is 21.5. The quantitative estimate of drug-likeness (QED) is 0.670. The van der Waals surface area contributed by atoms with Crippen LogP contribution < -0.4 is 10.1 Å². The van der Waals surface area contributed by atoms with Crippen molar-refractivity contribution in [2.75, 3.05) is 40.0 Å². The number of amides is 1. The van der Waals surface area contributed by atoms with Crippen molar-refractivity contribution >= 4 is 16.7 Å². The number of carbonyl (C=O) groups excluding carboxylic acids is 1. The van der Waals surface area contributed by atoms with Gasteiger partial charge in [-0.05, 0) is 41.3 Å². The number of carbonyl (C=O) groups is 1. The van der Waals surface area contributed by atoms with Crippen LogP contribution in [0.2, 0.25) is 0 Å². The van der Waals surface area contributed by atoms with Gasteiger partial charge in [0.1, 0.15) is 5.75 Å². The van der Waals surface area contributed by atoms with E-state index < -0.39 is 0 Å². The number of nitrogens with zero attached hydrogens (tertiary/aromatic N) is 1. The number of fused-ring (bicyclic) bond motifs is 1. The van der Waals surface area contributed by atoms with Crippen LogP contribution in [0.1, 0.15) is 45.1 Å². The Morgan fingerprint density at radius 1 is 1.10 bits per heavy atom. The molecule has 0 aromatic heterocycles. The molecule has 2 aromatic carbocycles. The number of benzene rings is 2. The van der Waals surface area contributed by atoms with Gasteiger partial charge in [0.2, 0.25) is 5.91 Å². The predicted octanol–water partition coefficient (Wildman–Crippen LogP) is 4.21. The van der Waals surface area contributed by atoms with E-state index in [0.717, 1.165) is 61.2 Å². The molecule has 2 aromatic rings. The molecule has 0 saturated carbocycles. The van der Waals surface area contributed by atoms with Gasteiger partial charge in [0, 0.05) is 25.7 Å². The molecule has 30 heavy (non-hydrogen) atoms. The van der Waals surface area contributed by atoms with Crippen LogP contribution in [0.5, 0.6) is 5.75 Å². The molecule has 0 unspecified atom stereocenters. The van der Waals surface area contributed by atoms with Crippen molar-refractivity contribution in [3.05, 3.63) is 42.0 Å². The van der Waals surface area contributed by atoms with E-state index in [9.17, 15) is 4.79 Å². The van der Waals surface area contributed by atoms with Crippen LogP contribution in [0.4, 0.5) is 0 Å². The second-order valence-electron chi connectivity index (χ2n) is 8.23. The summed E-state index contributed by atoms with van der Waals surface area (Å²) >= 11 is 0. The zero-order valence-corrected chi connectivity index (χ0v) is 18.8. The summed E-state index contributed by atoms with van der Waals surface area (Å²) in [4.78, 5) is 15.5. The van der Waals surface area contributed by atoms with Gasteiger partial charge in [0.05, 0.1) is 26.2 Å². The lowest BCUT2D eigenvalue weighted by atomic mass is 9.92.